The third-order valence-corrected chi connectivity index (χ3v) is 5.21. The molecule has 0 aliphatic carbocycles. The van der Waals surface area contributed by atoms with Crippen LogP contribution in [0.4, 0.5) is 4.39 Å². The minimum atomic E-state index is -4.00. The zero-order valence-electron chi connectivity index (χ0n) is 11.2. The van der Waals surface area contributed by atoms with Crippen molar-refractivity contribution in [3.05, 3.63) is 59.9 Å². The van der Waals surface area contributed by atoms with Gasteiger partial charge in [-0.25, -0.2) is 31.1 Å². The Kier molecular flexibility index (Phi) is 4.61. The zero-order valence-corrected chi connectivity index (χ0v) is 12.9. The number of halogens is 1. The van der Waals surface area contributed by atoms with Crippen molar-refractivity contribution in [3.63, 3.8) is 0 Å². The van der Waals surface area contributed by atoms with Gasteiger partial charge in [-0.2, -0.15) is 0 Å². The molecule has 0 aromatic heterocycles. The molecular formula is C13H13FN2O4S2. The Morgan fingerprint density at radius 3 is 2.09 bits per heavy atom. The van der Waals surface area contributed by atoms with Crippen LogP contribution in [0.1, 0.15) is 5.56 Å². The summed E-state index contributed by atoms with van der Waals surface area (Å²) >= 11 is 0. The maximum atomic E-state index is 13.5. The van der Waals surface area contributed by atoms with Crippen molar-refractivity contribution in [1.82, 2.24) is 4.72 Å². The van der Waals surface area contributed by atoms with Crippen LogP contribution >= 0.6 is 0 Å². The van der Waals surface area contributed by atoms with Crippen molar-refractivity contribution >= 4 is 20.0 Å². The SMILES string of the molecule is NS(=O)(=O)c1ccc(CNS(=O)(=O)c2ccccc2F)cc1. The van der Waals surface area contributed by atoms with Crippen molar-refractivity contribution < 1.29 is 21.2 Å². The van der Waals surface area contributed by atoms with Crippen LogP contribution in [0.3, 0.4) is 0 Å². The first-order valence-electron chi connectivity index (χ1n) is 6.06. The van der Waals surface area contributed by atoms with Gasteiger partial charge in [0, 0.05) is 6.54 Å². The van der Waals surface area contributed by atoms with Crippen LogP contribution < -0.4 is 9.86 Å². The van der Waals surface area contributed by atoms with E-state index >= 15 is 0 Å². The van der Waals surface area contributed by atoms with E-state index in [1.165, 1.54) is 36.4 Å². The molecule has 2 rings (SSSR count). The molecule has 3 N–H and O–H groups in total. The van der Waals surface area contributed by atoms with E-state index in [4.69, 9.17) is 5.14 Å². The third kappa shape index (κ3) is 3.89. The van der Waals surface area contributed by atoms with E-state index in [2.05, 4.69) is 4.72 Å². The molecule has 6 nitrogen and oxygen atoms in total. The standard InChI is InChI=1S/C13H13FN2O4S2/c14-12-3-1-2-4-13(12)22(19,20)16-9-10-5-7-11(8-6-10)21(15,17)18/h1-8,16H,9H2,(H2,15,17,18). The molecule has 0 unspecified atom stereocenters. The van der Waals surface area contributed by atoms with E-state index in [-0.39, 0.29) is 11.4 Å². The Hall–Kier alpha value is -1.81. The maximum absolute atomic E-state index is 13.5. The van der Waals surface area contributed by atoms with Crippen molar-refractivity contribution in [2.75, 3.05) is 0 Å². The molecule has 0 saturated carbocycles. The first-order valence-corrected chi connectivity index (χ1v) is 9.09. The summed E-state index contributed by atoms with van der Waals surface area (Å²) in [5, 5.41) is 4.96. The molecule has 0 aliphatic heterocycles. The van der Waals surface area contributed by atoms with Crippen molar-refractivity contribution in [1.29, 1.82) is 0 Å². The summed E-state index contributed by atoms with van der Waals surface area (Å²) in [6.45, 7) is -0.110. The van der Waals surface area contributed by atoms with Gasteiger partial charge in [0.25, 0.3) is 0 Å². The van der Waals surface area contributed by atoms with E-state index in [9.17, 15) is 21.2 Å². The first-order chi connectivity index (χ1) is 10.2. The van der Waals surface area contributed by atoms with Crippen LogP contribution in [0.2, 0.25) is 0 Å². The van der Waals surface area contributed by atoms with E-state index in [1.807, 2.05) is 0 Å². The second-order valence-electron chi connectivity index (χ2n) is 4.44. The predicted octanol–water partition coefficient (Wildman–Crippen LogP) is 0.952. The normalized spacial score (nSPS) is 12.3. The Bertz CT molecular complexity index is 879. The van der Waals surface area contributed by atoms with Gasteiger partial charge in [-0.3, -0.25) is 0 Å². The number of nitrogens with one attached hydrogen (secondary N) is 1. The maximum Gasteiger partial charge on any atom is 0.243 e. The largest absolute Gasteiger partial charge is 0.243 e. The summed E-state index contributed by atoms with van der Waals surface area (Å²) in [6.07, 6.45) is 0. The molecule has 0 fully saturated rings. The Labute approximate surface area is 127 Å². The van der Waals surface area contributed by atoms with Crippen LogP contribution in [0.5, 0.6) is 0 Å². The van der Waals surface area contributed by atoms with Gasteiger partial charge < -0.3 is 0 Å². The van der Waals surface area contributed by atoms with Crippen LogP contribution in [0.25, 0.3) is 0 Å². The molecule has 0 atom stereocenters. The highest BCUT2D eigenvalue weighted by Crippen LogP contribution is 2.14. The Morgan fingerprint density at radius 2 is 1.55 bits per heavy atom. The smallest absolute Gasteiger partial charge is 0.225 e. The average Bonchev–Trinajstić information content (AvgIpc) is 2.45. The highest BCUT2D eigenvalue weighted by atomic mass is 32.2. The first kappa shape index (κ1) is 16.6. The molecule has 0 bridgehead atoms. The summed E-state index contributed by atoms with van der Waals surface area (Å²) in [6, 6.07) is 10.4. The molecule has 0 saturated heterocycles. The van der Waals surface area contributed by atoms with Crippen LogP contribution in [0, 0.1) is 5.82 Å². The van der Waals surface area contributed by atoms with Crippen molar-refractivity contribution in [3.8, 4) is 0 Å². The lowest BCUT2D eigenvalue weighted by atomic mass is 10.2. The van der Waals surface area contributed by atoms with E-state index in [0.29, 0.717) is 5.56 Å². The van der Waals surface area contributed by atoms with E-state index in [1.54, 1.807) is 0 Å². The molecule has 0 spiro atoms. The molecule has 0 heterocycles. The summed E-state index contributed by atoms with van der Waals surface area (Å²) in [7, 11) is -7.80. The van der Waals surface area contributed by atoms with Crippen molar-refractivity contribution in [2.45, 2.75) is 16.3 Å². The second kappa shape index (κ2) is 6.13. The van der Waals surface area contributed by atoms with Gasteiger partial charge in [0.15, 0.2) is 0 Å². The number of rotatable bonds is 5. The number of sulfonamides is 2. The molecule has 9 heteroatoms. The summed E-state index contributed by atoms with van der Waals surface area (Å²) in [5.41, 5.74) is 0.507. The minimum Gasteiger partial charge on any atom is -0.225 e. The lowest BCUT2D eigenvalue weighted by Crippen LogP contribution is -2.24. The number of hydrogen-bond donors (Lipinski definition) is 2. The average molecular weight is 344 g/mol. The predicted molar refractivity (Wildman–Crippen MR) is 78.2 cm³/mol. The van der Waals surface area contributed by atoms with E-state index in [0.717, 1.165) is 12.1 Å². The third-order valence-electron chi connectivity index (χ3n) is 2.84. The van der Waals surface area contributed by atoms with Crippen LogP contribution in [-0.4, -0.2) is 16.8 Å². The van der Waals surface area contributed by atoms with Gasteiger partial charge >= 0.3 is 0 Å². The second-order valence-corrected chi connectivity index (χ2v) is 7.74. The van der Waals surface area contributed by atoms with Crippen LogP contribution in [-0.2, 0) is 26.6 Å². The molecule has 22 heavy (non-hydrogen) atoms. The molecule has 0 aliphatic rings. The fourth-order valence-electron chi connectivity index (χ4n) is 1.72. The monoisotopic (exact) mass is 344 g/mol. The minimum absolute atomic E-state index is 0.0757. The Morgan fingerprint density at radius 1 is 0.955 bits per heavy atom. The van der Waals surface area contributed by atoms with Gasteiger partial charge in [0.05, 0.1) is 4.90 Å². The van der Waals surface area contributed by atoms with Crippen molar-refractivity contribution in [2.24, 2.45) is 5.14 Å². The topological polar surface area (TPSA) is 106 Å². The molecule has 0 radical (unpaired) electrons. The fraction of sp³-hybridized carbons (Fsp3) is 0.0769. The fourth-order valence-corrected chi connectivity index (χ4v) is 3.33. The molecule has 2 aromatic carbocycles. The number of benzene rings is 2. The van der Waals surface area contributed by atoms with Gasteiger partial charge in [-0.1, -0.05) is 24.3 Å². The molecule has 2 aromatic rings. The van der Waals surface area contributed by atoms with Gasteiger partial charge in [-0.05, 0) is 29.8 Å². The van der Waals surface area contributed by atoms with Gasteiger partial charge in [0.2, 0.25) is 20.0 Å². The lowest BCUT2D eigenvalue weighted by Gasteiger charge is -2.08. The molecule has 118 valence electrons. The quantitative estimate of drug-likeness (QED) is 0.842. The zero-order chi connectivity index (χ0) is 16.4. The summed E-state index contributed by atoms with van der Waals surface area (Å²) in [4.78, 5) is -0.524. The molecule has 0 amide bonds. The lowest BCUT2D eigenvalue weighted by molar-refractivity contribution is 0.556. The highest BCUT2D eigenvalue weighted by Gasteiger charge is 2.18. The van der Waals surface area contributed by atoms with Gasteiger partial charge in [-0.15, -0.1) is 0 Å². The number of nitrogens with two attached hydrogens (primary N) is 1. The highest BCUT2D eigenvalue weighted by molar-refractivity contribution is 7.89. The summed E-state index contributed by atoms with van der Waals surface area (Å²) in [5.74, 6) is -0.848. The number of hydrogen-bond acceptors (Lipinski definition) is 4. The van der Waals surface area contributed by atoms with Crippen LogP contribution in [0.15, 0.2) is 58.3 Å². The summed E-state index contributed by atoms with van der Waals surface area (Å²) < 4.78 is 61.9. The Balaban J connectivity index is 2.15. The molecular weight excluding hydrogens is 331 g/mol. The van der Waals surface area contributed by atoms with Gasteiger partial charge in [0.1, 0.15) is 10.7 Å². The number of primary sulfonamides is 1. The van der Waals surface area contributed by atoms with E-state index < -0.39 is 30.8 Å².